The minimum Gasteiger partial charge on any atom is -0.493 e. The molecule has 1 aromatic rings. The maximum atomic E-state index is 12.2. The van der Waals surface area contributed by atoms with Gasteiger partial charge in [-0.2, -0.15) is 0 Å². The summed E-state index contributed by atoms with van der Waals surface area (Å²) in [5, 5.41) is 3.24. The molecular weight excluding hydrogens is 292 g/mol. The Morgan fingerprint density at radius 1 is 1.14 bits per heavy atom. The van der Waals surface area contributed by atoms with Crippen molar-refractivity contribution in [3.05, 3.63) is 17.7 Å². The molecule has 1 aromatic carbocycles. The van der Waals surface area contributed by atoms with E-state index in [9.17, 15) is 8.42 Å². The Morgan fingerprint density at radius 3 is 2.38 bits per heavy atom. The third-order valence-electron chi connectivity index (χ3n) is 2.92. The molecule has 6 nitrogen and oxygen atoms in total. The third kappa shape index (κ3) is 4.59. The summed E-state index contributed by atoms with van der Waals surface area (Å²) in [5.41, 5.74) is 0.752. The van der Waals surface area contributed by atoms with Crippen LogP contribution in [-0.2, 0) is 16.6 Å². The minimum atomic E-state index is -3.53. The molecule has 0 radical (unpaired) electrons. The smallest absolute Gasteiger partial charge is 0.240 e. The van der Waals surface area contributed by atoms with Crippen LogP contribution < -0.4 is 19.5 Å². The average molecular weight is 316 g/mol. The van der Waals surface area contributed by atoms with Crippen LogP contribution in [0.25, 0.3) is 0 Å². The minimum absolute atomic E-state index is 0.176. The summed E-state index contributed by atoms with van der Waals surface area (Å²) in [5.74, 6) is 0.960. The summed E-state index contributed by atoms with van der Waals surface area (Å²) in [7, 11) is -0.502. The highest BCUT2D eigenvalue weighted by atomic mass is 32.2. The summed E-state index contributed by atoms with van der Waals surface area (Å²) in [6, 6.07) is 3.09. The van der Waals surface area contributed by atoms with Gasteiger partial charge in [-0.15, -0.1) is 0 Å². The number of hydrogen-bond donors (Lipinski definition) is 2. The molecule has 0 spiro atoms. The molecule has 0 aliphatic heterocycles. The molecule has 0 fully saturated rings. The highest BCUT2D eigenvalue weighted by Gasteiger charge is 2.19. The lowest BCUT2D eigenvalue weighted by Crippen LogP contribution is -2.24. The van der Waals surface area contributed by atoms with Crippen molar-refractivity contribution in [3.63, 3.8) is 0 Å². The van der Waals surface area contributed by atoms with E-state index in [2.05, 4.69) is 17.0 Å². The van der Waals surface area contributed by atoms with Crippen molar-refractivity contribution in [2.45, 2.75) is 31.7 Å². The van der Waals surface area contributed by atoms with Crippen LogP contribution in [0.4, 0.5) is 0 Å². The highest BCUT2D eigenvalue weighted by molar-refractivity contribution is 7.89. The van der Waals surface area contributed by atoms with Crippen LogP contribution in [0.2, 0.25) is 0 Å². The molecule has 0 saturated heterocycles. The standard InChI is InChI=1S/C14H24N2O4S/c1-5-7-15-10-11-8-12(21(17,18)16-6-2)9-13(19-3)14(11)20-4/h8-9,15-16H,5-7,10H2,1-4H3. The van der Waals surface area contributed by atoms with Crippen LogP contribution in [0, 0.1) is 0 Å². The average Bonchev–Trinajstić information content (AvgIpc) is 2.46. The van der Waals surface area contributed by atoms with E-state index < -0.39 is 10.0 Å². The molecule has 0 aliphatic carbocycles. The van der Waals surface area contributed by atoms with Gasteiger partial charge in [0.1, 0.15) is 0 Å². The second-order valence-electron chi connectivity index (χ2n) is 4.50. The topological polar surface area (TPSA) is 76.7 Å². The van der Waals surface area contributed by atoms with Gasteiger partial charge in [0.05, 0.1) is 19.1 Å². The molecule has 21 heavy (non-hydrogen) atoms. The number of nitrogens with one attached hydrogen (secondary N) is 2. The predicted octanol–water partition coefficient (Wildman–Crippen LogP) is 1.50. The zero-order valence-corrected chi connectivity index (χ0v) is 13.8. The zero-order chi connectivity index (χ0) is 15.9. The van der Waals surface area contributed by atoms with E-state index >= 15 is 0 Å². The molecule has 120 valence electrons. The number of sulfonamides is 1. The molecule has 0 atom stereocenters. The summed E-state index contributed by atoms with van der Waals surface area (Å²) < 4.78 is 37.4. The fourth-order valence-electron chi connectivity index (χ4n) is 1.97. The van der Waals surface area contributed by atoms with Crippen LogP contribution >= 0.6 is 0 Å². The van der Waals surface area contributed by atoms with Crippen molar-refractivity contribution in [3.8, 4) is 11.5 Å². The summed E-state index contributed by atoms with van der Waals surface area (Å²) in [6.45, 7) is 5.50. The first kappa shape index (κ1) is 17.7. The van der Waals surface area contributed by atoms with E-state index in [0.29, 0.717) is 24.6 Å². The second-order valence-corrected chi connectivity index (χ2v) is 6.26. The van der Waals surface area contributed by atoms with Crippen LogP contribution in [0.5, 0.6) is 11.5 Å². The van der Waals surface area contributed by atoms with Gasteiger partial charge in [0, 0.05) is 24.7 Å². The summed E-state index contributed by atoms with van der Waals surface area (Å²) in [4.78, 5) is 0.176. The molecule has 0 amide bonds. The van der Waals surface area contributed by atoms with Crippen molar-refractivity contribution in [2.75, 3.05) is 27.3 Å². The molecule has 0 aromatic heterocycles. The molecule has 0 aliphatic rings. The third-order valence-corrected chi connectivity index (χ3v) is 4.44. The lowest BCUT2D eigenvalue weighted by molar-refractivity contribution is 0.349. The fourth-order valence-corrected chi connectivity index (χ4v) is 3.08. The van der Waals surface area contributed by atoms with Gasteiger partial charge in [0.25, 0.3) is 0 Å². The van der Waals surface area contributed by atoms with Gasteiger partial charge in [0.15, 0.2) is 11.5 Å². The largest absolute Gasteiger partial charge is 0.493 e. The first-order valence-corrected chi connectivity index (χ1v) is 8.43. The van der Waals surface area contributed by atoms with Gasteiger partial charge in [-0.1, -0.05) is 13.8 Å². The molecular formula is C14H24N2O4S. The zero-order valence-electron chi connectivity index (χ0n) is 13.0. The monoisotopic (exact) mass is 316 g/mol. The Kier molecular flexibility index (Phi) is 6.94. The normalized spacial score (nSPS) is 11.4. The van der Waals surface area contributed by atoms with Gasteiger partial charge >= 0.3 is 0 Å². The molecule has 7 heteroatoms. The van der Waals surface area contributed by atoms with Crippen molar-refractivity contribution in [1.29, 1.82) is 0 Å². The van der Waals surface area contributed by atoms with E-state index in [4.69, 9.17) is 9.47 Å². The number of benzene rings is 1. The van der Waals surface area contributed by atoms with Crippen molar-refractivity contribution in [1.82, 2.24) is 10.0 Å². The Labute approximate surface area is 126 Å². The maximum Gasteiger partial charge on any atom is 0.240 e. The lowest BCUT2D eigenvalue weighted by atomic mass is 10.2. The Balaban J connectivity index is 3.26. The number of hydrogen-bond acceptors (Lipinski definition) is 5. The Bertz CT molecular complexity index is 558. The first-order valence-electron chi connectivity index (χ1n) is 6.95. The molecule has 2 N–H and O–H groups in total. The number of rotatable bonds is 9. The van der Waals surface area contributed by atoms with E-state index in [0.717, 1.165) is 18.5 Å². The second kappa shape index (κ2) is 8.21. The summed E-state index contributed by atoms with van der Waals surface area (Å²) >= 11 is 0. The van der Waals surface area contributed by atoms with Crippen molar-refractivity contribution < 1.29 is 17.9 Å². The van der Waals surface area contributed by atoms with Gasteiger partial charge in [-0.25, -0.2) is 13.1 Å². The molecule has 0 unspecified atom stereocenters. The predicted molar refractivity (Wildman–Crippen MR) is 82.4 cm³/mol. The Hall–Kier alpha value is -1.31. The van der Waals surface area contributed by atoms with Gasteiger partial charge in [-0.3, -0.25) is 0 Å². The molecule has 1 rings (SSSR count). The Morgan fingerprint density at radius 2 is 1.86 bits per heavy atom. The van der Waals surface area contributed by atoms with E-state index in [-0.39, 0.29) is 4.90 Å². The van der Waals surface area contributed by atoms with E-state index in [1.165, 1.54) is 13.2 Å². The van der Waals surface area contributed by atoms with Crippen LogP contribution in [0.15, 0.2) is 17.0 Å². The first-order chi connectivity index (χ1) is 10.00. The number of methoxy groups -OCH3 is 2. The van der Waals surface area contributed by atoms with Gasteiger partial charge in [0.2, 0.25) is 10.0 Å². The quantitative estimate of drug-likeness (QED) is 0.675. The van der Waals surface area contributed by atoms with E-state index in [1.54, 1.807) is 20.1 Å². The molecule has 0 bridgehead atoms. The maximum absolute atomic E-state index is 12.2. The van der Waals surface area contributed by atoms with Crippen LogP contribution in [0.1, 0.15) is 25.8 Å². The number of ether oxygens (including phenoxy) is 2. The molecule has 0 saturated carbocycles. The van der Waals surface area contributed by atoms with Crippen molar-refractivity contribution in [2.24, 2.45) is 0 Å². The van der Waals surface area contributed by atoms with Crippen molar-refractivity contribution >= 4 is 10.0 Å². The van der Waals surface area contributed by atoms with Gasteiger partial charge < -0.3 is 14.8 Å². The summed E-state index contributed by atoms with van der Waals surface area (Å²) in [6.07, 6.45) is 0.995. The lowest BCUT2D eigenvalue weighted by Gasteiger charge is -2.16. The van der Waals surface area contributed by atoms with Gasteiger partial charge in [-0.05, 0) is 19.0 Å². The van der Waals surface area contributed by atoms with Crippen LogP contribution in [-0.4, -0.2) is 35.7 Å². The SMILES string of the molecule is CCCNCc1cc(S(=O)(=O)NCC)cc(OC)c1OC. The highest BCUT2D eigenvalue weighted by Crippen LogP contribution is 2.34. The molecule has 0 heterocycles. The van der Waals surface area contributed by atoms with E-state index in [1.807, 2.05) is 0 Å². The fraction of sp³-hybridized carbons (Fsp3) is 0.571. The van der Waals surface area contributed by atoms with Crippen LogP contribution in [0.3, 0.4) is 0 Å².